The minimum absolute atomic E-state index is 0.300. The monoisotopic (exact) mass is 273 g/mol. The maximum absolute atomic E-state index is 6.05. The highest BCUT2D eigenvalue weighted by atomic mass is 35.5. The van der Waals surface area contributed by atoms with Crippen molar-refractivity contribution in [3.8, 4) is 0 Å². The number of ether oxygens (including phenoxy) is 1. The Bertz CT molecular complexity index is 397. The third-order valence-corrected chi connectivity index (χ3v) is 3.99. The van der Waals surface area contributed by atoms with Crippen molar-refractivity contribution in [3.63, 3.8) is 0 Å². The minimum atomic E-state index is 0.300. The number of rotatable bonds is 2. The Morgan fingerprint density at radius 3 is 2.76 bits per heavy atom. The molecule has 1 aliphatic heterocycles. The standard InChI is InChI=1S/C13H17Cl2NO/c1-9-8-16(5-6-17-9)10(2)11-3-4-12(14)13(15)7-11/h3-4,7,9-10H,5-6,8H2,1-2H3/t9-,10?/m0/s1. The van der Waals surface area contributed by atoms with E-state index in [1.807, 2.05) is 18.2 Å². The molecule has 4 heteroatoms. The van der Waals surface area contributed by atoms with Gasteiger partial charge in [-0.1, -0.05) is 29.3 Å². The third kappa shape index (κ3) is 3.14. The van der Waals surface area contributed by atoms with E-state index in [0.717, 1.165) is 19.7 Å². The Morgan fingerprint density at radius 1 is 1.35 bits per heavy atom. The number of morpholine rings is 1. The van der Waals surface area contributed by atoms with E-state index in [4.69, 9.17) is 27.9 Å². The van der Waals surface area contributed by atoms with Crippen molar-refractivity contribution in [2.45, 2.75) is 26.0 Å². The highest BCUT2D eigenvalue weighted by molar-refractivity contribution is 6.42. The van der Waals surface area contributed by atoms with Crippen molar-refractivity contribution in [1.29, 1.82) is 0 Å². The van der Waals surface area contributed by atoms with E-state index < -0.39 is 0 Å². The van der Waals surface area contributed by atoms with Crippen LogP contribution in [0.25, 0.3) is 0 Å². The molecule has 1 saturated heterocycles. The van der Waals surface area contributed by atoms with Crippen LogP contribution in [-0.4, -0.2) is 30.7 Å². The molecule has 0 amide bonds. The fourth-order valence-electron chi connectivity index (χ4n) is 2.18. The smallest absolute Gasteiger partial charge is 0.0674 e. The predicted octanol–water partition coefficient (Wildman–Crippen LogP) is 3.78. The molecule has 0 N–H and O–H groups in total. The van der Waals surface area contributed by atoms with Crippen LogP contribution < -0.4 is 0 Å². The zero-order valence-electron chi connectivity index (χ0n) is 10.1. The fraction of sp³-hybridized carbons (Fsp3) is 0.538. The highest BCUT2D eigenvalue weighted by Gasteiger charge is 2.22. The molecule has 2 rings (SSSR count). The maximum Gasteiger partial charge on any atom is 0.0674 e. The highest BCUT2D eigenvalue weighted by Crippen LogP contribution is 2.28. The van der Waals surface area contributed by atoms with Crippen molar-refractivity contribution >= 4 is 23.2 Å². The predicted molar refractivity (Wildman–Crippen MR) is 71.9 cm³/mol. The lowest BCUT2D eigenvalue weighted by Crippen LogP contribution is -2.42. The van der Waals surface area contributed by atoms with Gasteiger partial charge in [-0.15, -0.1) is 0 Å². The van der Waals surface area contributed by atoms with Gasteiger partial charge in [-0.05, 0) is 31.5 Å². The topological polar surface area (TPSA) is 12.5 Å². The molecule has 0 bridgehead atoms. The van der Waals surface area contributed by atoms with E-state index in [1.54, 1.807) is 0 Å². The first-order chi connectivity index (χ1) is 8.08. The lowest BCUT2D eigenvalue weighted by molar-refractivity contribution is -0.0319. The number of hydrogen-bond acceptors (Lipinski definition) is 2. The summed E-state index contributed by atoms with van der Waals surface area (Å²) in [7, 11) is 0. The summed E-state index contributed by atoms with van der Waals surface area (Å²) in [5, 5.41) is 1.23. The van der Waals surface area contributed by atoms with Crippen molar-refractivity contribution in [3.05, 3.63) is 33.8 Å². The van der Waals surface area contributed by atoms with E-state index in [1.165, 1.54) is 5.56 Å². The minimum Gasteiger partial charge on any atom is -0.376 e. The van der Waals surface area contributed by atoms with Crippen LogP contribution in [0.3, 0.4) is 0 Å². The van der Waals surface area contributed by atoms with Crippen molar-refractivity contribution in [2.75, 3.05) is 19.7 Å². The summed E-state index contributed by atoms with van der Waals surface area (Å²) >= 11 is 12.0. The van der Waals surface area contributed by atoms with Gasteiger partial charge in [0.25, 0.3) is 0 Å². The largest absolute Gasteiger partial charge is 0.376 e. The zero-order valence-corrected chi connectivity index (χ0v) is 11.6. The molecule has 2 nitrogen and oxygen atoms in total. The van der Waals surface area contributed by atoms with Crippen molar-refractivity contribution < 1.29 is 4.74 Å². The molecule has 0 aliphatic carbocycles. The molecular weight excluding hydrogens is 257 g/mol. The van der Waals surface area contributed by atoms with Gasteiger partial charge in [0.2, 0.25) is 0 Å². The number of hydrogen-bond donors (Lipinski definition) is 0. The van der Waals surface area contributed by atoms with Crippen LogP contribution >= 0.6 is 23.2 Å². The maximum atomic E-state index is 6.05. The van der Waals surface area contributed by atoms with Gasteiger partial charge in [-0.2, -0.15) is 0 Å². The second-order valence-electron chi connectivity index (χ2n) is 4.53. The first kappa shape index (κ1) is 13.2. The fourth-order valence-corrected chi connectivity index (χ4v) is 2.49. The van der Waals surface area contributed by atoms with Gasteiger partial charge in [0.15, 0.2) is 0 Å². The van der Waals surface area contributed by atoms with Gasteiger partial charge in [0.05, 0.1) is 22.8 Å². The molecule has 0 spiro atoms. The van der Waals surface area contributed by atoms with Gasteiger partial charge in [0.1, 0.15) is 0 Å². The summed E-state index contributed by atoms with van der Waals surface area (Å²) in [6.07, 6.45) is 0.300. The Morgan fingerprint density at radius 2 is 2.12 bits per heavy atom. The molecule has 2 atom stereocenters. The summed E-state index contributed by atoms with van der Waals surface area (Å²) in [5.74, 6) is 0. The quantitative estimate of drug-likeness (QED) is 0.813. The van der Waals surface area contributed by atoms with Crippen LogP contribution in [0.5, 0.6) is 0 Å². The molecule has 1 unspecified atom stereocenters. The Hall–Kier alpha value is -0.280. The van der Waals surface area contributed by atoms with Gasteiger partial charge in [-0.25, -0.2) is 0 Å². The van der Waals surface area contributed by atoms with Gasteiger partial charge in [0, 0.05) is 19.1 Å². The van der Waals surface area contributed by atoms with Crippen molar-refractivity contribution in [1.82, 2.24) is 4.90 Å². The van der Waals surface area contributed by atoms with E-state index in [2.05, 4.69) is 18.7 Å². The van der Waals surface area contributed by atoms with E-state index in [-0.39, 0.29) is 0 Å². The second-order valence-corrected chi connectivity index (χ2v) is 5.34. The Kier molecular flexibility index (Phi) is 4.31. The Balaban J connectivity index is 2.12. The van der Waals surface area contributed by atoms with Gasteiger partial charge >= 0.3 is 0 Å². The van der Waals surface area contributed by atoms with Crippen LogP contribution in [0.15, 0.2) is 18.2 Å². The lowest BCUT2D eigenvalue weighted by Gasteiger charge is -2.35. The van der Waals surface area contributed by atoms with E-state index >= 15 is 0 Å². The molecule has 0 radical (unpaired) electrons. The van der Waals surface area contributed by atoms with Crippen LogP contribution in [0.4, 0.5) is 0 Å². The van der Waals surface area contributed by atoms with Gasteiger partial charge in [-0.3, -0.25) is 4.90 Å². The second kappa shape index (κ2) is 5.57. The zero-order chi connectivity index (χ0) is 12.4. The molecule has 1 aromatic rings. The molecule has 1 heterocycles. The molecule has 94 valence electrons. The normalized spacial score (nSPS) is 23.6. The van der Waals surface area contributed by atoms with E-state index in [9.17, 15) is 0 Å². The van der Waals surface area contributed by atoms with Crippen LogP contribution in [0, 0.1) is 0 Å². The number of benzene rings is 1. The number of nitrogens with zero attached hydrogens (tertiary/aromatic N) is 1. The van der Waals surface area contributed by atoms with Crippen LogP contribution in [0.2, 0.25) is 10.0 Å². The van der Waals surface area contributed by atoms with Crippen molar-refractivity contribution in [2.24, 2.45) is 0 Å². The molecule has 1 aliphatic rings. The van der Waals surface area contributed by atoms with Crippen LogP contribution in [-0.2, 0) is 4.74 Å². The third-order valence-electron chi connectivity index (χ3n) is 3.25. The first-order valence-electron chi connectivity index (χ1n) is 5.88. The van der Waals surface area contributed by atoms with Gasteiger partial charge < -0.3 is 4.74 Å². The molecule has 1 fully saturated rings. The first-order valence-corrected chi connectivity index (χ1v) is 6.64. The number of halogens is 2. The molecule has 1 aromatic carbocycles. The summed E-state index contributed by atoms with van der Waals surface area (Å²) in [5.41, 5.74) is 1.20. The summed E-state index contributed by atoms with van der Waals surface area (Å²) in [6.45, 7) is 7.02. The lowest BCUT2D eigenvalue weighted by atomic mass is 10.1. The SMILES string of the molecule is CC(c1ccc(Cl)c(Cl)c1)N1CCO[C@@H](C)C1. The molecular formula is C13H17Cl2NO. The molecule has 0 aromatic heterocycles. The molecule has 17 heavy (non-hydrogen) atoms. The summed E-state index contributed by atoms with van der Waals surface area (Å²) in [4.78, 5) is 2.41. The average Bonchev–Trinajstić information content (AvgIpc) is 2.32. The molecule has 0 saturated carbocycles. The average molecular weight is 274 g/mol. The van der Waals surface area contributed by atoms with E-state index in [0.29, 0.717) is 22.2 Å². The summed E-state index contributed by atoms with van der Waals surface area (Å²) in [6, 6.07) is 6.20. The Labute approximate surface area is 112 Å². The summed E-state index contributed by atoms with van der Waals surface area (Å²) < 4.78 is 5.55. The van der Waals surface area contributed by atoms with Crippen LogP contribution in [0.1, 0.15) is 25.5 Å².